The van der Waals surface area contributed by atoms with Crippen LogP contribution in [0.4, 0.5) is 11.8 Å². The molecule has 5 nitrogen and oxygen atoms in total. The molecule has 0 spiro atoms. The highest BCUT2D eigenvalue weighted by molar-refractivity contribution is 9.10. The van der Waals surface area contributed by atoms with Crippen molar-refractivity contribution in [3.05, 3.63) is 10.7 Å². The second kappa shape index (κ2) is 6.33. The van der Waals surface area contributed by atoms with Crippen LogP contribution in [0.25, 0.3) is 0 Å². The normalized spacial score (nSPS) is 20.7. The number of likely N-dealkylation sites (tertiary alicyclic amines) is 1. The Bertz CT molecular complexity index is 398. The number of hydrogen-bond donors (Lipinski definition) is 2. The van der Waals surface area contributed by atoms with Crippen LogP contribution in [-0.4, -0.2) is 47.6 Å². The average molecular weight is 314 g/mol. The quantitative estimate of drug-likeness (QED) is 0.892. The van der Waals surface area contributed by atoms with Crippen LogP contribution in [0.2, 0.25) is 0 Å². The van der Waals surface area contributed by atoms with E-state index in [-0.39, 0.29) is 0 Å². The highest BCUT2D eigenvalue weighted by Gasteiger charge is 2.18. The number of nitrogens with zero attached hydrogens (tertiary/aromatic N) is 3. The van der Waals surface area contributed by atoms with Gasteiger partial charge in [0.05, 0.1) is 4.47 Å². The fourth-order valence-corrected chi connectivity index (χ4v) is 2.49. The molecule has 0 bridgehead atoms. The lowest BCUT2D eigenvalue weighted by molar-refractivity contribution is 0.260. The van der Waals surface area contributed by atoms with E-state index in [9.17, 15) is 0 Å². The van der Waals surface area contributed by atoms with Gasteiger partial charge in [-0.25, -0.2) is 4.98 Å². The van der Waals surface area contributed by atoms with Gasteiger partial charge in [-0.05, 0) is 49.3 Å². The summed E-state index contributed by atoms with van der Waals surface area (Å²) in [4.78, 5) is 11.0. The zero-order valence-corrected chi connectivity index (χ0v) is 12.5. The van der Waals surface area contributed by atoms with Gasteiger partial charge >= 0.3 is 0 Å². The van der Waals surface area contributed by atoms with Crippen molar-refractivity contribution in [1.29, 1.82) is 0 Å². The molecule has 0 aliphatic carbocycles. The summed E-state index contributed by atoms with van der Waals surface area (Å²) >= 11 is 3.49. The summed E-state index contributed by atoms with van der Waals surface area (Å²) in [5.41, 5.74) is 0. The van der Waals surface area contributed by atoms with Crippen molar-refractivity contribution in [3.8, 4) is 0 Å². The molecular weight excluding hydrogens is 294 g/mol. The Morgan fingerprint density at radius 1 is 1.56 bits per heavy atom. The van der Waals surface area contributed by atoms with E-state index in [1.807, 2.05) is 6.92 Å². The van der Waals surface area contributed by atoms with Gasteiger partial charge in [-0.3, -0.25) is 0 Å². The van der Waals surface area contributed by atoms with E-state index in [4.69, 9.17) is 0 Å². The molecule has 0 radical (unpaired) electrons. The van der Waals surface area contributed by atoms with Crippen LogP contribution in [0, 0.1) is 0 Å². The van der Waals surface area contributed by atoms with Crippen molar-refractivity contribution >= 4 is 27.7 Å². The monoisotopic (exact) mass is 313 g/mol. The minimum absolute atomic E-state index is 0.462. The fourth-order valence-electron chi connectivity index (χ4n) is 2.19. The van der Waals surface area contributed by atoms with Gasteiger partial charge in [-0.1, -0.05) is 0 Å². The maximum atomic E-state index is 4.48. The summed E-state index contributed by atoms with van der Waals surface area (Å²) in [7, 11) is 2.16. The lowest BCUT2D eigenvalue weighted by atomic mass is 10.1. The van der Waals surface area contributed by atoms with E-state index in [0.29, 0.717) is 12.0 Å². The molecule has 6 heteroatoms. The predicted molar refractivity (Wildman–Crippen MR) is 78.0 cm³/mol. The zero-order chi connectivity index (χ0) is 13.0. The maximum Gasteiger partial charge on any atom is 0.224 e. The number of hydrogen-bond acceptors (Lipinski definition) is 5. The summed E-state index contributed by atoms with van der Waals surface area (Å²) in [6, 6.07) is 0.462. The van der Waals surface area contributed by atoms with Crippen molar-refractivity contribution in [2.45, 2.75) is 25.8 Å². The van der Waals surface area contributed by atoms with E-state index in [1.165, 1.54) is 19.4 Å². The highest BCUT2D eigenvalue weighted by atomic mass is 79.9. The predicted octanol–water partition coefficient (Wildman–Crippen LogP) is 2.18. The van der Waals surface area contributed by atoms with E-state index < -0.39 is 0 Å². The van der Waals surface area contributed by atoms with Gasteiger partial charge in [0.1, 0.15) is 5.82 Å². The number of piperidine rings is 1. The molecular formula is C12H20BrN5. The Labute approximate surface area is 117 Å². The lowest BCUT2D eigenvalue weighted by Crippen LogP contribution is -2.40. The standard InChI is InChI=1S/C12H20BrN5/c1-3-14-12-15-7-10(13)11(17-12)16-9-5-4-6-18(2)8-9/h7,9H,3-6,8H2,1-2H3,(H2,14,15,16,17). The highest BCUT2D eigenvalue weighted by Crippen LogP contribution is 2.22. The van der Waals surface area contributed by atoms with Gasteiger partial charge in [0.15, 0.2) is 0 Å². The van der Waals surface area contributed by atoms with Crippen LogP contribution in [-0.2, 0) is 0 Å². The number of aromatic nitrogens is 2. The largest absolute Gasteiger partial charge is 0.365 e. The van der Waals surface area contributed by atoms with Gasteiger partial charge in [-0.15, -0.1) is 0 Å². The average Bonchev–Trinajstić information content (AvgIpc) is 2.34. The molecule has 1 unspecified atom stereocenters. The third-order valence-electron chi connectivity index (χ3n) is 3.04. The van der Waals surface area contributed by atoms with E-state index in [1.54, 1.807) is 6.20 Å². The van der Waals surface area contributed by atoms with Crippen LogP contribution in [0.5, 0.6) is 0 Å². The van der Waals surface area contributed by atoms with Gasteiger partial charge < -0.3 is 15.5 Å². The van der Waals surface area contributed by atoms with Crippen molar-refractivity contribution < 1.29 is 0 Å². The Morgan fingerprint density at radius 2 is 2.39 bits per heavy atom. The number of halogens is 1. The van der Waals surface area contributed by atoms with Crippen LogP contribution in [0.15, 0.2) is 10.7 Å². The first-order valence-electron chi connectivity index (χ1n) is 6.40. The SMILES string of the molecule is CCNc1ncc(Br)c(NC2CCCN(C)C2)n1. The van der Waals surface area contributed by atoms with Crippen LogP contribution >= 0.6 is 15.9 Å². The van der Waals surface area contributed by atoms with Crippen LogP contribution < -0.4 is 10.6 Å². The summed E-state index contributed by atoms with van der Waals surface area (Å²) in [5.74, 6) is 1.55. The molecule has 0 aromatic carbocycles. The summed E-state index contributed by atoms with van der Waals surface area (Å²) in [6.07, 6.45) is 4.22. The molecule has 1 aromatic rings. The molecule has 1 saturated heterocycles. The molecule has 0 amide bonds. The molecule has 1 aliphatic rings. The smallest absolute Gasteiger partial charge is 0.224 e. The van der Waals surface area contributed by atoms with Crippen LogP contribution in [0.3, 0.4) is 0 Å². The minimum Gasteiger partial charge on any atom is -0.365 e. The number of rotatable bonds is 4. The van der Waals surface area contributed by atoms with Gasteiger partial charge in [0, 0.05) is 25.3 Å². The van der Waals surface area contributed by atoms with E-state index in [2.05, 4.69) is 48.5 Å². The first kappa shape index (κ1) is 13.5. The molecule has 2 N–H and O–H groups in total. The molecule has 2 rings (SSSR count). The Kier molecular flexibility index (Phi) is 4.77. The summed E-state index contributed by atoms with van der Waals surface area (Å²) in [5, 5.41) is 6.63. The molecule has 1 aromatic heterocycles. The van der Waals surface area contributed by atoms with E-state index in [0.717, 1.165) is 23.4 Å². The topological polar surface area (TPSA) is 53.1 Å². The number of likely N-dealkylation sites (N-methyl/N-ethyl adjacent to an activating group) is 1. The second-order valence-corrected chi connectivity index (χ2v) is 5.52. The summed E-state index contributed by atoms with van der Waals surface area (Å²) < 4.78 is 0.914. The van der Waals surface area contributed by atoms with E-state index >= 15 is 0 Å². The third kappa shape index (κ3) is 3.55. The zero-order valence-electron chi connectivity index (χ0n) is 10.9. The molecule has 1 atom stereocenters. The Morgan fingerprint density at radius 3 is 3.11 bits per heavy atom. The van der Waals surface area contributed by atoms with Gasteiger partial charge in [0.2, 0.25) is 5.95 Å². The fraction of sp³-hybridized carbons (Fsp3) is 0.667. The van der Waals surface area contributed by atoms with Crippen molar-refractivity contribution in [3.63, 3.8) is 0 Å². The molecule has 100 valence electrons. The number of anilines is 2. The summed E-state index contributed by atoms with van der Waals surface area (Å²) in [6.45, 7) is 5.11. The van der Waals surface area contributed by atoms with Gasteiger partial charge in [0.25, 0.3) is 0 Å². The number of nitrogens with one attached hydrogen (secondary N) is 2. The van der Waals surface area contributed by atoms with Crippen molar-refractivity contribution in [2.75, 3.05) is 37.3 Å². The lowest BCUT2D eigenvalue weighted by Gasteiger charge is -2.30. The molecule has 1 aliphatic heterocycles. The Balaban J connectivity index is 2.05. The van der Waals surface area contributed by atoms with Crippen molar-refractivity contribution in [1.82, 2.24) is 14.9 Å². The third-order valence-corrected chi connectivity index (χ3v) is 3.62. The minimum atomic E-state index is 0.462. The first-order valence-corrected chi connectivity index (χ1v) is 7.20. The molecule has 1 fully saturated rings. The molecule has 2 heterocycles. The Hall–Kier alpha value is -0.880. The van der Waals surface area contributed by atoms with Crippen LogP contribution in [0.1, 0.15) is 19.8 Å². The van der Waals surface area contributed by atoms with Gasteiger partial charge in [-0.2, -0.15) is 4.98 Å². The second-order valence-electron chi connectivity index (χ2n) is 4.67. The molecule has 0 saturated carbocycles. The first-order chi connectivity index (χ1) is 8.69. The molecule has 18 heavy (non-hydrogen) atoms. The van der Waals surface area contributed by atoms with Crippen molar-refractivity contribution in [2.24, 2.45) is 0 Å². The maximum absolute atomic E-state index is 4.48.